The van der Waals surface area contributed by atoms with E-state index >= 15 is 0 Å². The monoisotopic (exact) mass is 506 g/mol. The van der Waals surface area contributed by atoms with Gasteiger partial charge in [-0.2, -0.15) is 4.98 Å². The zero-order valence-electron chi connectivity index (χ0n) is 18.0. The largest absolute Gasteiger partial charge is 0.294 e. The Morgan fingerprint density at radius 1 is 1.06 bits per heavy atom. The maximum atomic E-state index is 12.9. The molecule has 1 aliphatic carbocycles. The molecular formula is C25H23BrN4OS. The van der Waals surface area contributed by atoms with E-state index in [0.717, 1.165) is 22.3 Å². The number of rotatable bonds is 5. The number of halogens is 1. The Hall–Kier alpha value is -2.51. The lowest BCUT2D eigenvalue weighted by Gasteiger charge is -2.23. The Morgan fingerprint density at radius 2 is 1.81 bits per heavy atom. The number of hydrogen-bond donors (Lipinski definition) is 0. The molecule has 5 nitrogen and oxygen atoms in total. The first-order valence-electron chi connectivity index (χ1n) is 10.7. The molecule has 0 fully saturated rings. The van der Waals surface area contributed by atoms with Crippen LogP contribution in [0.3, 0.4) is 0 Å². The summed E-state index contributed by atoms with van der Waals surface area (Å²) < 4.78 is 2.70. The third kappa shape index (κ3) is 4.36. The van der Waals surface area contributed by atoms with Gasteiger partial charge in [0, 0.05) is 22.8 Å². The summed E-state index contributed by atoms with van der Waals surface area (Å²) in [4.78, 5) is 22.2. The second kappa shape index (κ2) is 8.79. The smallest absolute Gasteiger partial charge is 0.253 e. The highest BCUT2D eigenvalue weighted by Crippen LogP contribution is 2.33. The van der Waals surface area contributed by atoms with Crippen molar-refractivity contribution in [2.75, 3.05) is 0 Å². The molecule has 7 heteroatoms. The van der Waals surface area contributed by atoms with Gasteiger partial charge in [0.25, 0.3) is 5.78 Å². The highest BCUT2D eigenvalue weighted by atomic mass is 79.9. The summed E-state index contributed by atoms with van der Waals surface area (Å²) in [5, 5.41) is 5.20. The van der Waals surface area contributed by atoms with Gasteiger partial charge in [-0.15, -0.1) is 5.10 Å². The maximum absolute atomic E-state index is 12.9. The number of aromatic nitrogens is 4. The number of Topliss-reactive ketones (excluding diaryl/α,β-unsaturated/α-hetero) is 1. The third-order valence-corrected chi connectivity index (χ3v) is 7.36. The average Bonchev–Trinajstić information content (AvgIpc) is 3.19. The number of fused-ring (bicyclic) bond motifs is 2. The molecule has 1 aliphatic rings. The fourth-order valence-electron chi connectivity index (χ4n) is 4.04. The van der Waals surface area contributed by atoms with E-state index in [0.29, 0.717) is 28.8 Å². The molecule has 32 heavy (non-hydrogen) atoms. The molecule has 1 atom stereocenters. The topological polar surface area (TPSA) is 60.2 Å². The summed E-state index contributed by atoms with van der Waals surface area (Å²) in [6.45, 7) is 4.38. The fraction of sp³-hybridized carbons (Fsp3) is 0.280. The lowest BCUT2D eigenvalue weighted by Crippen LogP contribution is -2.21. The third-order valence-electron chi connectivity index (χ3n) is 5.92. The second-order valence-corrected chi connectivity index (χ2v) is 10.4. The predicted molar refractivity (Wildman–Crippen MR) is 130 cm³/mol. The van der Waals surface area contributed by atoms with Crippen molar-refractivity contribution in [1.29, 1.82) is 0 Å². The highest BCUT2D eigenvalue weighted by molar-refractivity contribution is 9.10. The van der Waals surface area contributed by atoms with Gasteiger partial charge in [0.05, 0.1) is 11.3 Å². The quantitative estimate of drug-likeness (QED) is 0.301. The van der Waals surface area contributed by atoms with Gasteiger partial charge in [-0.3, -0.25) is 4.79 Å². The van der Waals surface area contributed by atoms with Gasteiger partial charge in [0.1, 0.15) is 0 Å². The van der Waals surface area contributed by atoms with E-state index in [2.05, 4.69) is 76.3 Å². The molecule has 0 aliphatic heterocycles. The van der Waals surface area contributed by atoms with Gasteiger partial charge >= 0.3 is 0 Å². The molecule has 0 saturated heterocycles. The molecular weight excluding hydrogens is 484 g/mol. The van der Waals surface area contributed by atoms with Gasteiger partial charge in [-0.25, -0.2) is 9.50 Å². The van der Waals surface area contributed by atoms with E-state index in [4.69, 9.17) is 4.98 Å². The normalized spacial score (nSPS) is 16.0. The molecule has 0 N–H and O–H groups in total. The van der Waals surface area contributed by atoms with Gasteiger partial charge in [-0.05, 0) is 47.1 Å². The van der Waals surface area contributed by atoms with E-state index in [9.17, 15) is 4.79 Å². The molecule has 2 aromatic heterocycles. The van der Waals surface area contributed by atoms with Crippen molar-refractivity contribution >= 4 is 39.3 Å². The van der Waals surface area contributed by atoms with Crippen LogP contribution in [0.1, 0.15) is 64.8 Å². The average molecular weight is 507 g/mol. The van der Waals surface area contributed by atoms with Crippen LogP contribution in [-0.2, 0) is 12.2 Å². The minimum absolute atomic E-state index is 0.123. The molecule has 0 saturated carbocycles. The lowest BCUT2D eigenvalue weighted by molar-refractivity contribution is 0.0962. The molecule has 0 amide bonds. The van der Waals surface area contributed by atoms with Gasteiger partial charge in [0.2, 0.25) is 5.16 Å². The Labute approximate surface area is 199 Å². The van der Waals surface area contributed by atoms with Crippen LogP contribution in [0, 0.1) is 0 Å². The zero-order chi connectivity index (χ0) is 22.2. The number of carbonyl (C=O) groups is 1. The lowest BCUT2D eigenvalue weighted by atomic mass is 9.81. The molecule has 2 heterocycles. The van der Waals surface area contributed by atoms with Gasteiger partial charge in [-0.1, -0.05) is 77.9 Å². The molecule has 5 rings (SSSR count). The number of hydrogen-bond acceptors (Lipinski definition) is 5. The van der Waals surface area contributed by atoms with E-state index in [1.807, 2.05) is 12.1 Å². The zero-order valence-corrected chi connectivity index (χ0v) is 20.4. The molecule has 0 bridgehead atoms. The van der Waals surface area contributed by atoms with Crippen molar-refractivity contribution in [2.45, 2.75) is 49.4 Å². The van der Waals surface area contributed by atoms with Crippen molar-refractivity contribution < 1.29 is 4.79 Å². The van der Waals surface area contributed by atoms with Gasteiger partial charge < -0.3 is 0 Å². The minimum Gasteiger partial charge on any atom is -0.294 e. The Bertz CT molecular complexity index is 1280. The standard InChI is InChI=1S/C25H23BrN4OS/c1-15(2)17-5-7-18(8-6-17)19-11-22-21(23(31)12-19)13-30-24(27-22)28-25(29-30)32-14-16-3-9-20(26)10-4-16/h3-10,13,15,19H,11-12,14H2,1-2H3/t19-/m0/s1. The van der Waals surface area contributed by atoms with Crippen LogP contribution in [-0.4, -0.2) is 25.4 Å². The summed E-state index contributed by atoms with van der Waals surface area (Å²) in [5.74, 6) is 2.10. The van der Waals surface area contributed by atoms with E-state index in [1.165, 1.54) is 16.7 Å². The second-order valence-electron chi connectivity index (χ2n) is 8.51. The minimum atomic E-state index is 0.123. The Balaban J connectivity index is 1.37. The number of ketones is 1. The van der Waals surface area contributed by atoms with E-state index in [-0.39, 0.29) is 11.7 Å². The summed E-state index contributed by atoms with van der Waals surface area (Å²) in [5.41, 5.74) is 5.20. The van der Waals surface area contributed by atoms with Crippen molar-refractivity contribution in [3.8, 4) is 0 Å². The predicted octanol–water partition coefficient (Wildman–Crippen LogP) is 6.22. The van der Waals surface area contributed by atoms with Crippen LogP contribution in [0.5, 0.6) is 0 Å². The SMILES string of the molecule is CC(C)c1ccc([C@@H]2CC(=O)c3cn4nc(SCc5ccc(Br)cc5)nc4nc3C2)cc1. The first kappa shape index (κ1) is 21.3. The highest BCUT2D eigenvalue weighted by Gasteiger charge is 2.28. The number of carbonyl (C=O) groups excluding carboxylic acids is 1. The van der Waals surface area contributed by atoms with Crippen LogP contribution in [0.2, 0.25) is 0 Å². The molecule has 0 radical (unpaired) electrons. The van der Waals surface area contributed by atoms with Crippen molar-refractivity contribution in [2.24, 2.45) is 0 Å². The van der Waals surface area contributed by atoms with Crippen LogP contribution in [0.4, 0.5) is 0 Å². The first-order chi connectivity index (χ1) is 15.5. The van der Waals surface area contributed by atoms with Crippen molar-refractivity contribution in [1.82, 2.24) is 19.6 Å². The van der Waals surface area contributed by atoms with Gasteiger partial charge in [0.15, 0.2) is 5.78 Å². The van der Waals surface area contributed by atoms with Crippen molar-refractivity contribution in [3.05, 3.63) is 87.1 Å². The molecule has 0 spiro atoms. The number of nitrogens with zero attached hydrogens (tertiary/aromatic N) is 4. The maximum Gasteiger partial charge on any atom is 0.253 e. The first-order valence-corrected chi connectivity index (χ1v) is 12.5. The van der Waals surface area contributed by atoms with E-state index in [1.54, 1.807) is 22.5 Å². The summed E-state index contributed by atoms with van der Waals surface area (Å²) >= 11 is 5.03. The summed E-state index contributed by atoms with van der Waals surface area (Å²) in [6.07, 6.45) is 3.04. The molecule has 2 aromatic carbocycles. The molecule has 4 aromatic rings. The number of benzene rings is 2. The van der Waals surface area contributed by atoms with Crippen molar-refractivity contribution in [3.63, 3.8) is 0 Å². The fourth-order valence-corrected chi connectivity index (χ4v) is 5.09. The summed E-state index contributed by atoms with van der Waals surface area (Å²) in [7, 11) is 0. The molecule has 162 valence electrons. The Kier molecular flexibility index (Phi) is 5.86. The van der Waals surface area contributed by atoms with E-state index < -0.39 is 0 Å². The summed E-state index contributed by atoms with van der Waals surface area (Å²) in [6, 6.07) is 16.9. The van der Waals surface area contributed by atoms with Crippen LogP contribution >= 0.6 is 27.7 Å². The van der Waals surface area contributed by atoms with Crippen LogP contribution in [0.15, 0.2) is 64.4 Å². The number of thioether (sulfide) groups is 1. The van der Waals surface area contributed by atoms with Crippen LogP contribution < -0.4 is 0 Å². The Morgan fingerprint density at radius 3 is 2.53 bits per heavy atom. The molecule has 0 unspecified atom stereocenters. The van der Waals surface area contributed by atoms with Crippen LogP contribution in [0.25, 0.3) is 5.78 Å².